The number of rotatable bonds is 5. The summed E-state index contributed by atoms with van der Waals surface area (Å²) in [6, 6.07) is 6.22. The van der Waals surface area contributed by atoms with Crippen molar-refractivity contribution in [1.29, 1.82) is 0 Å². The number of nitrogens with zero attached hydrogens (tertiary/aromatic N) is 1. The molecule has 1 saturated carbocycles. The third-order valence-corrected chi connectivity index (χ3v) is 4.11. The van der Waals surface area contributed by atoms with Gasteiger partial charge in [-0.25, -0.2) is 4.39 Å². The summed E-state index contributed by atoms with van der Waals surface area (Å²) in [5.74, 6) is -2.77. The van der Waals surface area contributed by atoms with Crippen LogP contribution in [0.4, 0.5) is 10.1 Å². The summed E-state index contributed by atoms with van der Waals surface area (Å²) in [7, 11) is 0. The van der Waals surface area contributed by atoms with Crippen LogP contribution < -0.4 is 10.9 Å². The van der Waals surface area contributed by atoms with E-state index >= 15 is 0 Å². The molecule has 1 aromatic heterocycles. The number of nitrogens with one attached hydrogen (secondary N) is 1. The second kappa shape index (κ2) is 6.99. The largest absolute Gasteiger partial charge is 0.508 e. The molecule has 0 spiro atoms. The first-order valence-corrected chi connectivity index (χ1v) is 8.09. The van der Waals surface area contributed by atoms with Gasteiger partial charge in [0.05, 0.1) is 29.8 Å². The van der Waals surface area contributed by atoms with Crippen LogP contribution >= 0.6 is 0 Å². The summed E-state index contributed by atoms with van der Waals surface area (Å²) >= 11 is 0. The molecule has 1 heterocycles. The molecule has 0 bridgehead atoms. The van der Waals surface area contributed by atoms with Crippen molar-refractivity contribution >= 4 is 17.6 Å². The molecular formula is C18H17FN2O5. The molecule has 7 nitrogen and oxygen atoms in total. The molecule has 2 atom stereocenters. The summed E-state index contributed by atoms with van der Waals surface area (Å²) < 4.78 is 20.3. The van der Waals surface area contributed by atoms with Gasteiger partial charge in [0, 0.05) is 18.3 Å². The lowest BCUT2D eigenvalue weighted by Crippen LogP contribution is -2.19. The number of ether oxygens (including phenoxy) is 1. The van der Waals surface area contributed by atoms with E-state index in [1.165, 1.54) is 24.4 Å². The molecule has 0 saturated heterocycles. The highest BCUT2D eigenvalue weighted by molar-refractivity contribution is 5.98. The number of amides is 1. The van der Waals surface area contributed by atoms with Gasteiger partial charge in [0.1, 0.15) is 11.6 Å². The molecule has 3 rings (SSSR count). The summed E-state index contributed by atoms with van der Waals surface area (Å²) in [6.07, 6.45) is 1.70. The molecule has 1 aliphatic carbocycles. The molecule has 1 fully saturated rings. The molecule has 8 heteroatoms. The minimum atomic E-state index is -0.718. The smallest absolute Gasteiger partial charge is 0.309 e. The summed E-state index contributed by atoms with van der Waals surface area (Å²) in [4.78, 5) is 35.5. The molecule has 2 unspecified atom stereocenters. The lowest BCUT2D eigenvalue weighted by Gasteiger charge is -2.10. The first-order valence-electron chi connectivity index (χ1n) is 8.09. The average molecular weight is 360 g/mol. The van der Waals surface area contributed by atoms with Gasteiger partial charge in [0.15, 0.2) is 0 Å². The van der Waals surface area contributed by atoms with E-state index in [1.807, 2.05) is 0 Å². The number of hydrogen-bond donors (Lipinski definition) is 2. The normalized spacial score (nSPS) is 18.2. The number of aromatic nitrogens is 1. The number of pyridine rings is 1. The van der Waals surface area contributed by atoms with E-state index in [0.29, 0.717) is 6.42 Å². The molecule has 1 aromatic carbocycles. The Morgan fingerprint density at radius 1 is 1.31 bits per heavy atom. The Balaban J connectivity index is 1.72. The predicted molar refractivity (Wildman–Crippen MR) is 90.5 cm³/mol. The maximum atomic E-state index is 14.3. The summed E-state index contributed by atoms with van der Waals surface area (Å²) in [5.41, 5.74) is -0.308. The fourth-order valence-corrected chi connectivity index (χ4v) is 2.66. The first-order chi connectivity index (χ1) is 12.4. The monoisotopic (exact) mass is 360 g/mol. The van der Waals surface area contributed by atoms with Crippen molar-refractivity contribution in [2.45, 2.75) is 13.3 Å². The van der Waals surface area contributed by atoms with Crippen molar-refractivity contribution in [3.63, 3.8) is 0 Å². The molecule has 136 valence electrons. The SMILES string of the molecule is CCOC(=O)C1CC1C(=O)Nc1ccc(-n2ccc(O)cc2=O)cc1F. The van der Waals surface area contributed by atoms with Crippen molar-refractivity contribution in [2.24, 2.45) is 11.8 Å². The first kappa shape index (κ1) is 17.7. The van der Waals surface area contributed by atoms with Gasteiger partial charge >= 0.3 is 5.97 Å². The standard InChI is InChI=1S/C18H17FN2O5/c1-2-26-18(25)13-9-12(13)17(24)20-15-4-3-10(7-14(15)19)21-6-5-11(22)8-16(21)23/h3-8,12-13,22H,2,9H2,1H3,(H,20,24). The van der Waals surface area contributed by atoms with E-state index in [4.69, 9.17) is 4.74 Å². The predicted octanol–water partition coefficient (Wildman–Crippen LogP) is 1.82. The minimum Gasteiger partial charge on any atom is -0.508 e. The van der Waals surface area contributed by atoms with Crippen molar-refractivity contribution in [2.75, 3.05) is 11.9 Å². The number of hydrogen-bond acceptors (Lipinski definition) is 5. The van der Waals surface area contributed by atoms with E-state index in [2.05, 4.69) is 5.32 Å². The zero-order valence-corrected chi connectivity index (χ0v) is 13.9. The number of anilines is 1. The topological polar surface area (TPSA) is 97.6 Å². The van der Waals surface area contributed by atoms with Gasteiger partial charge in [-0.15, -0.1) is 0 Å². The van der Waals surface area contributed by atoms with Gasteiger partial charge in [-0.3, -0.25) is 19.0 Å². The molecule has 0 radical (unpaired) electrons. The van der Waals surface area contributed by atoms with Crippen molar-refractivity contribution < 1.29 is 23.8 Å². The second-order valence-corrected chi connectivity index (χ2v) is 5.95. The third kappa shape index (κ3) is 3.58. The average Bonchev–Trinajstić information content (AvgIpc) is 3.38. The van der Waals surface area contributed by atoms with Gasteiger partial charge in [0.25, 0.3) is 5.56 Å². The van der Waals surface area contributed by atoms with Crippen LogP contribution in [0.3, 0.4) is 0 Å². The lowest BCUT2D eigenvalue weighted by atomic mass is 10.2. The zero-order chi connectivity index (χ0) is 18.8. The van der Waals surface area contributed by atoms with Crippen LogP contribution in [0.15, 0.2) is 41.3 Å². The van der Waals surface area contributed by atoms with E-state index < -0.39 is 35.1 Å². The highest BCUT2D eigenvalue weighted by atomic mass is 19.1. The Labute approximate surface area is 148 Å². The number of carbonyl (C=O) groups is 2. The van der Waals surface area contributed by atoms with E-state index in [1.54, 1.807) is 6.92 Å². The number of benzene rings is 1. The van der Waals surface area contributed by atoms with Gasteiger partial charge in [-0.05, 0) is 31.5 Å². The molecule has 1 amide bonds. The van der Waals surface area contributed by atoms with E-state index in [0.717, 1.165) is 16.7 Å². The van der Waals surface area contributed by atoms with Crippen LogP contribution in [0.1, 0.15) is 13.3 Å². The Morgan fingerprint density at radius 2 is 2.08 bits per heavy atom. The fraction of sp³-hybridized carbons (Fsp3) is 0.278. The van der Waals surface area contributed by atoms with Crippen LogP contribution in [0.2, 0.25) is 0 Å². The minimum absolute atomic E-state index is 0.0416. The number of carbonyl (C=O) groups excluding carboxylic acids is 2. The summed E-state index contributed by atoms with van der Waals surface area (Å²) in [6.45, 7) is 1.93. The molecule has 2 N–H and O–H groups in total. The Morgan fingerprint density at radius 3 is 2.73 bits per heavy atom. The molecule has 2 aromatic rings. The number of aromatic hydroxyl groups is 1. The maximum Gasteiger partial charge on any atom is 0.309 e. The van der Waals surface area contributed by atoms with E-state index in [9.17, 15) is 23.9 Å². The highest BCUT2D eigenvalue weighted by Crippen LogP contribution is 2.40. The zero-order valence-electron chi connectivity index (χ0n) is 13.9. The fourth-order valence-electron chi connectivity index (χ4n) is 2.66. The Hall–Kier alpha value is -3.16. The van der Waals surface area contributed by atoms with E-state index in [-0.39, 0.29) is 23.7 Å². The van der Waals surface area contributed by atoms with Crippen LogP contribution in [0.25, 0.3) is 5.69 Å². The van der Waals surface area contributed by atoms with Gasteiger partial charge < -0.3 is 15.2 Å². The molecule has 26 heavy (non-hydrogen) atoms. The number of halogens is 1. The van der Waals surface area contributed by atoms with Crippen LogP contribution in [0.5, 0.6) is 5.75 Å². The number of esters is 1. The quantitative estimate of drug-likeness (QED) is 0.793. The van der Waals surface area contributed by atoms with Gasteiger partial charge in [0.2, 0.25) is 5.91 Å². The van der Waals surface area contributed by atoms with Crippen molar-refractivity contribution in [3.05, 3.63) is 52.7 Å². The molecule has 1 aliphatic rings. The van der Waals surface area contributed by atoms with Crippen LogP contribution in [-0.4, -0.2) is 28.2 Å². The van der Waals surface area contributed by atoms with Crippen molar-refractivity contribution in [1.82, 2.24) is 4.57 Å². The Bertz CT molecular complexity index is 924. The van der Waals surface area contributed by atoms with Gasteiger partial charge in [-0.1, -0.05) is 0 Å². The van der Waals surface area contributed by atoms with Crippen LogP contribution in [-0.2, 0) is 14.3 Å². The summed E-state index contributed by atoms with van der Waals surface area (Å²) in [5, 5.41) is 11.7. The molecule has 0 aliphatic heterocycles. The molecular weight excluding hydrogens is 343 g/mol. The lowest BCUT2D eigenvalue weighted by molar-refractivity contribution is -0.145. The maximum absolute atomic E-state index is 14.3. The highest BCUT2D eigenvalue weighted by Gasteiger charge is 2.49. The van der Waals surface area contributed by atoms with Crippen molar-refractivity contribution in [3.8, 4) is 11.4 Å². The third-order valence-electron chi connectivity index (χ3n) is 4.11. The van der Waals surface area contributed by atoms with Crippen LogP contribution in [0, 0.1) is 17.7 Å². The van der Waals surface area contributed by atoms with Gasteiger partial charge in [-0.2, -0.15) is 0 Å². The second-order valence-electron chi connectivity index (χ2n) is 5.95. The Kier molecular flexibility index (Phi) is 4.75.